The van der Waals surface area contributed by atoms with Crippen LogP contribution in [-0.2, 0) is 4.79 Å². The number of β-amino-alcohol motifs (C(OH)–C–C–N with tert-alkyl or cyclic N) is 1. The van der Waals surface area contributed by atoms with E-state index in [4.69, 9.17) is 14.2 Å². The highest BCUT2D eigenvalue weighted by atomic mass is 32.2. The van der Waals surface area contributed by atoms with E-state index >= 15 is 0 Å². The lowest BCUT2D eigenvalue weighted by molar-refractivity contribution is -0.136. The number of hydrogen-bond acceptors (Lipinski definition) is 6. The lowest BCUT2D eigenvalue weighted by atomic mass is 10.0. The van der Waals surface area contributed by atoms with Gasteiger partial charge in [0.2, 0.25) is 11.7 Å². The van der Waals surface area contributed by atoms with Crippen LogP contribution in [0.5, 0.6) is 17.2 Å². The molecule has 0 bridgehead atoms. The Bertz CT molecular complexity index is 582. The van der Waals surface area contributed by atoms with Crippen LogP contribution in [0.1, 0.15) is 12.8 Å². The fourth-order valence-corrected chi connectivity index (χ4v) is 3.30. The van der Waals surface area contributed by atoms with Crippen molar-refractivity contribution in [1.29, 1.82) is 0 Å². The lowest BCUT2D eigenvalue weighted by Gasteiger charge is -2.36. The Kier molecular flexibility index (Phi) is 5.73. The molecule has 2 aliphatic heterocycles. The zero-order valence-electron chi connectivity index (χ0n) is 13.8. The second-order valence-electron chi connectivity index (χ2n) is 5.88. The molecular weight excluding hydrogens is 330 g/mol. The highest BCUT2D eigenvalue weighted by molar-refractivity contribution is 7.98. The van der Waals surface area contributed by atoms with Gasteiger partial charge in [-0.2, -0.15) is 11.8 Å². The first kappa shape index (κ1) is 17.2. The number of fused-ring (bicyclic) bond motifs is 1. The molecule has 6 nitrogen and oxygen atoms in total. The van der Waals surface area contributed by atoms with Gasteiger partial charge < -0.3 is 24.2 Å². The molecule has 1 saturated heterocycles. The number of aliphatic hydroxyl groups excluding tert-OH is 1. The van der Waals surface area contributed by atoms with Crippen molar-refractivity contribution in [3.8, 4) is 17.2 Å². The summed E-state index contributed by atoms with van der Waals surface area (Å²) in [5.41, 5.74) is 0. The van der Waals surface area contributed by atoms with Gasteiger partial charge in [0.1, 0.15) is 25.4 Å². The number of rotatable bonds is 5. The Labute approximate surface area is 146 Å². The molecule has 2 aliphatic rings. The summed E-state index contributed by atoms with van der Waals surface area (Å²) in [6.45, 7) is 1.92. The minimum atomic E-state index is -0.711. The molecule has 0 spiro atoms. The van der Waals surface area contributed by atoms with Crippen LogP contribution in [0, 0.1) is 0 Å². The molecule has 0 saturated carbocycles. The largest absolute Gasteiger partial charge is 0.486 e. The van der Waals surface area contributed by atoms with Gasteiger partial charge in [0, 0.05) is 25.1 Å². The third-order valence-corrected chi connectivity index (χ3v) is 4.81. The molecule has 1 aromatic rings. The maximum Gasteiger partial charge on any atom is 0.223 e. The van der Waals surface area contributed by atoms with E-state index in [9.17, 15) is 9.90 Å². The average molecular weight is 353 g/mol. The zero-order valence-corrected chi connectivity index (χ0v) is 14.6. The number of carbonyl (C=O) groups excluding carboxylic acids is 1. The number of ether oxygens (including phenoxy) is 3. The van der Waals surface area contributed by atoms with Gasteiger partial charge in [-0.05, 0) is 18.4 Å². The fourth-order valence-electron chi connectivity index (χ4n) is 2.92. The van der Waals surface area contributed by atoms with E-state index in [0.29, 0.717) is 56.4 Å². The Morgan fingerprint density at radius 3 is 3.04 bits per heavy atom. The van der Waals surface area contributed by atoms with Crippen LogP contribution in [0.4, 0.5) is 0 Å². The first-order valence-electron chi connectivity index (χ1n) is 8.19. The third kappa shape index (κ3) is 3.89. The smallest absolute Gasteiger partial charge is 0.223 e. The summed E-state index contributed by atoms with van der Waals surface area (Å²) in [6, 6.07) is 5.50. The van der Waals surface area contributed by atoms with Crippen molar-refractivity contribution in [2.75, 3.05) is 38.3 Å². The number of amides is 1. The quantitative estimate of drug-likeness (QED) is 0.866. The monoisotopic (exact) mass is 353 g/mol. The highest BCUT2D eigenvalue weighted by Crippen LogP contribution is 2.40. The molecule has 3 rings (SSSR count). The summed E-state index contributed by atoms with van der Waals surface area (Å²) < 4.78 is 17.2. The van der Waals surface area contributed by atoms with Crippen molar-refractivity contribution in [2.45, 2.75) is 25.0 Å². The SMILES string of the molecule is CSCCC(=O)N1CC[C@@H](Oc2cccc3c2OCCO3)[C@H](O)C1. The van der Waals surface area contributed by atoms with Crippen LogP contribution in [0.3, 0.4) is 0 Å². The number of piperidine rings is 1. The van der Waals surface area contributed by atoms with Crippen LogP contribution in [-0.4, -0.2) is 66.4 Å². The molecule has 0 unspecified atom stereocenters. The fraction of sp³-hybridized carbons (Fsp3) is 0.588. The van der Waals surface area contributed by atoms with Gasteiger partial charge in [-0.1, -0.05) is 6.07 Å². The van der Waals surface area contributed by atoms with Gasteiger partial charge in [0.05, 0.1) is 6.54 Å². The van der Waals surface area contributed by atoms with Gasteiger partial charge >= 0.3 is 0 Å². The Hall–Kier alpha value is -1.60. The lowest BCUT2D eigenvalue weighted by Crippen LogP contribution is -2.51. The summed E-state index contributed by atoms with van der Waals surface area (Å²) in [4.78, 5) is 13.8. The van der Waals surface area contributed by atoms with Crippen molar-refractivity contribution < 1.29 is 24.1 Å². The topological polar surface area (TPSA) is 68.2 Å². The molecule has 0 aromatic heterocycles. The van der Waals surface area contributed by atoms with E-state index in [2.05, 4.69) is 0 Å². The number of aliphatic hydroxyl groups is 1. The van der Waals surface area contributed by atoms with Crippen LogP contribution in [0.2, 0.25) is 0 Å². The first-order valence-corrected chi connectivity index (χ1v) is 9.58. The first-order chi connectivity index (χ1) is 11.7. The number of nitrogens with zero attached hydrogens (tertiary/aromatic N) is 1. The molecular formula is C17H23NO5S. The van der Waals surface area contributed by atoms with Gasteiger partial charge in [-0.25, -0.2) is 0 Å². The summed E-state index contributed by atoms with van der Waals surface area (Å²) in [5.74, 6) is 2.74. The van der Waals surface area contributed by atoms with Crippen molar-refractivity contribution >= 4 is 17.7 Å². The average Bonchev–Trinajstić information content (AvgIpc) is 2.61. The Morgan fingerprint density at radius 1 is 1.42 bits per heavy atom. The second kappa shape index (κ2) is 7.98. The van der Waals surface area contributed by atoms with Gasteiger partial charge in [-0.3, -0.25) is 4.79 Å². The molecule has 1 aromatic carbocycles. The predicted octanol–water partition coefficient (Wildman–Crippen LogP) is 1.55. The molecule has 1 fully saturated rings. The Morgan fingerprint density at radius 2 is 2.25 bits per heavy atom. The van der Waals surface area contributed by atoms with Gasteiger partial charge in [0.25, 0.3) is 0 Å². The molecule has 2 heterocycles. The summed E-state index contributed by atoms with van der Waals surface area (Å²) in [5, 5.41) is 10.4. The minimum Gasteiger partial charge on any atom is -0.486 e. The van der Waals surface area contributed by atoms with Crippen molar-refractivity contribution in [2.24, 2.45) is 0 Å². The highest BCUT2D eigenvalue weighted by Gasteiger charge is 2.32. The van der Waals surface area contributed by atoms with E-state index < -0.39 is 6.10 Å². The van der Waals surface area contributed by atoms with Gasteiger partial charge in [-0.15, -0.1) is 0 Å². The number of para-hydroxylation sites is 1. The summed E-state index contributed by atoms with van der Waals surface area (Å²) in [6.07, 6.45) is 2.02. The second-order valence-corrected chi connectivity index (χ2v) is 6.86. The van der Waals surface area contributed by atoms with Crippen molar-refractivity contribution in [1.82, 2.24) is 4.90 Å². The molecule has 7 heteroatoms. The van der Waals surface area contributed by atoms with E-state index in [1.807, 2.05) is 24.5 Å². The normalized spacial score (nSPS) is 23.0. The van der Waals surface area contributed by atoms with Gasteiger partial charge in [0.15, 0.2) is 11.5 Å². The molecule has 24 heavy (non-hydrogen) atoms. The molecule has 2 atom stereocenters. The van der Waals surface area contributed by atoms with Crippen LogP contribution in [0.15, 0.2) is 18.2 Å². The number of carbonyl (C=O) groups is 1. The van der Waals surface area contributed by atoms with E-state index in [0.717, 1.165) is 5.75 Å². The molecule has 1 N–H and O–H groups in total. The minimum absolute atomic E-state index is 0.0932. The molecule has 0 radical (unpaired) electrons. The number of benzene rings is 1. The van der Waals surface area contributed by atoms with Crippen molar-refractivity contribution in [3.63, 3.8) is 0 Å². The molecule has 1 amide bonds. The maximum atomic E-state index is 12.1. The summed E-state index contributed by atoms with van der Waals surface area (Å²) >= 11 is 1.65. The van der Waals surface area contributed by atoms with E-state index in [1.165, 1.54) is 0 Å². The third-order valence-electron chi connectivity index (χ3n) is 4.20. The number of likely N-dealkylation sites (tertiary alicyclic amines) is 1. The van der Waals surface area contributed by atoms with E-state index in [-0.39, 0.29) is 12.0 Å². The summed E-state index contributed by atoms with van der Waals surface area (Å²) in [7, 11) is 0. The van der Waals surface area contributed by atoms with Crippen molar-refractivity contribution in [3.05, 3.63) is 18.2 Å². The van der Waals surface area contributed by atoms with Crippen LogP contribution >= 0.6 is 11.8 Å². The van der Waals surface area contributed by atoms with Crippen LogP contribution in [0.25, 0.3) is 0 Å². The predicted molar refractivity (Wildman–Crippen MR) is 92.1 cm³/mol. The van der Waals surface area contributed by atoms with E-state index in [1.54, 1.807) is 16.7 Å². The Balaban J connectivity index is 1.61. The zero-order chi connectivity index (χ0) is 16.9. The molecule has 0 aliphatic carbocycles. The molecule has 132 valence electrons. The van der Waals surface area contributed by atoms with Crippen LogP contribution < -0.4 is 14.2 Å². The maximum absolute atomic E-state index is 12.1. The number of thioether (sulfide) groups is 1. The number of hydrogen-bond donors (Lipinski definition) is 1. The standard InChI is InChI=1S/C17H23NO5S/c1-24-10-6-16(20)18-7-5-13(12(19)11-18)23-15-4-2-3-14-17(15)22-9-8-21-14/h2-4,12-13,19H,5-11H2,1H3/t12-,13-/m1/s1.